The van der Waals surface area contributed by atoms with Gasteiger partial charge in [-0.05, 0) is 42.5 Å². The number of ether oxygens (including phenoxy) is 1. The molecule has 1 aromatic heterocycles. The molecule has 2 atom stereocenters. The SMILES string of the molecule is CCC(NC(C)c1ccc(OC)cc1)c1cccs1. The minimum Gasteiger partial charge on any atom is -0.497 e. The van der Waals surface area contributed by atoms with Crippen molar-refractivity contribution in [3.63, 3.8) is 0 Å². The molecule has 0 fully saturated rings. The van der Waals surface area contributed by atoms with Gasteiger partial charge in [-0.3, -0.25) is 0 Å². The maximum absolute atomic E-state index is 5.19. The molecule has 2 aromatic rings. The van der Waals surface area contributed by atoms with Crippen molar-refractivity contribution in [3.05, 3.63) is 52.2 Å². The summed E-state index contributed by atoms with van der Waals surface area (Å²) in [6.45, 7) is 4.43. The molecule has 2 nitrogen and oxygen atoms in total. The Bertz CT molecular complexity index is 478. The second-order valence-corrected chi connectivity index (χ2v) is 5.62. The molecule has 3 heteroatoms. The number of rotatable bonds is 6. The summed E-state index contributed by atoms with van der Waals surface area (Å²) in [5.74, 6) is 0.904. The summed E-state index contributed by atoms with van der Waals surface area (Å²) in [6.07, 6.45) is 1.10. The van der Waals surface area contributed by atoms with Crippen LogP contribution in [0.4, 0.5) is 0 Å². The summed E-state index contributed by atoms with van der Waals surface area (Å²) in [7, 11) is 1.70. The van der Waals surface area contributed by atoms with Crippen LogP contribution in [0.3, 0.4) is 0 Å². The molecule has 102 valence electrons. The molecule has 0 saturated carbocycles. The van der Waals surface area contributed by atoms with E-state index in [1.165, 1.54) is 10.4 Å². The highest BCUT2D eigenvalue weighted by atomic mass is 32.1. The summed E-state index contributed by atoms with van der Waals surface area (Å²) < 4.78 is 5.19. The van der Waals surface area contributed by atoms with E-state index in [9.17, 15) is 0 Å². The second-order valence-electron chi connectivity index (χ2n) is 4.64. The van der Waals surface area contributed by atoms with Crippen LogP contribution in [0.15, 0.2) is 41.8 Å². The molecule has 0 bridgehead atoms. The Labute approximate surface area is 119 Å². The fraction of sp³-hybridized carbons (Fsp3) is 0.375. The molecule has 0 aliphatic carbocycles. The summed E-state index contributed by atoms with van der Waals surface area (Å²) in [6, 6.07) is 13.3. The molecule has 0 aliphatic rings. The predicted octanol–water partition coefficient (Wildman–Crippen LogP) is 4.56. The van der Waals surface area contributed by atoms with Crippen LogP contribution in [0.5, 0.6) is 5.75 Å². The van der Waals surface area contributed by atoms with Crippen LogP contribution in [-0.4, -0.2) is 7.11 Å². The van der Waals surface area contributed by atoms with Gasteiger partial charge in [0.05, 0.1) is 7.11 Å². The third kappa shape index (κ3) is 3.58. The van der Waals surface area contributed by atoms with Crippen molar-refractivity contribution in [1.29, 1.82) is 0 Å². The third-order valence-electron chi connectivity index (χ3n) is 3.36. The zero-order valence-corrected chi connectivity index (χ0v) is 12.5. The molecule has 0 saturated heterocycles. The van der Waals surface area contributed by atoms with Crippen molar-refractivity contribution in [3.8, 4) is 5.75 Å². The van der Waals surface area contributed by atoms with Crippen LogP contribution in [0, 0.1) is 0 Å². The van der Waals surface area contributed by atoms with Gasteiger partial charge in [0.1, 0.15) is 5.75 Å². The first-order chi connectivity index (χ1) is 9.24. The van der Waals surface area contributed by atoms with Gasteiger partial charge in [0.2, 0.25) is 0 Å². The molecule has 1 heterocycles. The van der Waals surface area contributed by atoms with E-state index < -0.39 is 0 Å². The predicted molar refractivity (Wildman–Crippen MR) is 81.9 cm³/mol. The van der Waals surface area contributed by atoms with Crippen LogP contribution in [-0.2, 0) is 0 Å². The van der Waals surface area contributed by atoms with Crippen LogP contribution < -0.4 is 10.1 Å². The fourth-order valence-corrected chi connectivity index (χ4v) is 3.05. The van der Waals surface area contributed by atoms with Gasteiger partial charge in [0.15, 0.2) is 0 Å². The third-order valence-corrected chi connectivity index (χ3v) is 4.35. The number of nitrogens with one attached hydrogen (secondary N) is 1. The van der Waals surface area contributed by atoms with Gasteiger partial charge in [-0.2, -0.15) is 0 Å². The summed E-state index contributed by atoms with van der Waals surface area (Å²) >= 11 is 1.82. The second kappa shape index (κ2) is 6.73. The number of hydrogen-bond acceptors (Lipinski definition) is 3. The molecule has 0 aliphatic heterocycles. The molecular formula is C16H21NOS. The van der Waals surface area contributed by atoms with E-state index in [1.807, 2.05) is 23.5 Å². The molecule has 0 radical (unpaired) electrons. The Morgan fingerprint density at radius 2 is 1.95 bits per heavy atom. The molecule has 2 unspecified atom stereocenters. The lowest BCUT2D eigenvalue weighted by Crippen LogP contribution is -2.23. The van der Waals surface area contributed by atoms with E-state index in [0.717, 1.165) is 12.2 Å². The van der Waals surface area contributed by atoms with Crippen molar-refractivity contribution in [1.82, 2.24) is 5.32 Å². The number of thiophene rings is 1. The minimum absolute atomic E-state index is 0.331. The molecule has 19 heavy (non-hydrogen) atoms. The van der Waals surface area contributed by atoms with E-state index in [1.54, 1.807) is 7.11 Å². The van der Waals surface area contributed by atoms with Crippen molar-refractivity contribution < 1.29 is 4.74 Å². The van der Waals surface area contributed by atoms with Gasteiger partial charge >= 0.3 is 0 Å². The van der Waals surface area contributed by atoms with Crippen molar-refractivity contribution in [2.24, 2.45) is 0 Å². The summed E-state index contributed by atoms with van der Waals surface area (Å²) in [5.41, 5.74) is 1.29. The van der Waals surface area contributed by atoms with Gasteiger partial charge in [-0.25, -0.2) is 0 Å². The van der Waals surface area contributed by atoms with Crippen LogP contribution in [0.1, 0.15) is 42.8 Å². The highest BCUT2D eigenvalue weighted by Crippen LogP contribution is 2.26. The maximum atomic E-state index is 5.19. The van der Waals surface area contributed by atoms with Crippen molar-refractivity contribution in [2.45, 2.75) is 32.4 Å². The minimum atomic E-state index is 0.331. The molecule has 1 N–H and O–H groups in total. The largest absolute Gasteiger partial charge is 0.497 e. The zero-order valence-electron chi connectivity index (χ0n) is 11.7. The normalized spacial score (nSPS) is 14.1. The Hall–Kier alpha value is -1.32. The summed E-state index contributed by atoms with van der Waals surface area (Å²) in [5, 5.41) is 5.83. The maximum Gasteiger partial charge on any atom is 0.118 e. The number of hydrogen-bond donors (Lipinski definition) is 1. The van der Waals surface area contributed by atoms with Gasteiger partial charge in [-0.1, -0.05) is 25.1 Å². The van der Waals surface area contributed by atoms with Crippen molar-refractivity contribution in [2.75, 3.05) is 7.11 Å². The van der Waals surface area contributed by atoms with Crippen LogP contribution >= 0.6 is 11.3 Å². The van der Waals surface area contributed by atoms with Gasteiger partial charge in [0, 0.05) is 17.0 Å². The van der Waals surface area contributed by atoms with E-state index in [-0.39, 0.29) is 0 Å². The molecule has 0 spiro atoms. The standard InChI is InChI=1S/C16H21NOS/c1-4-15(16-6-5-11-19-16)17-12(2)13-7-9-14(18-3)10-8-13/h5-12,15,17H,4H2,1-3H3. The van der Waals surface area contributed by atoms with E-state index in [2.05, 4.69) is 48.8 Å². The topological polar surface area (TPSA) is 21.3 Å². The van der Waals surface area contributed by atoms with Crippen LogP contribution in [0.2, 0.25) is 0 Å². The molecule has 2 rings (SSSR count). The Balaban J connectivity index is 2.04. The first kappa shape index (κ1) is 14.1. The van der Waals surface area contributed by atoms with E-state index in [4.69, 9.17) is 4.74 Å². The first-order valence-electron chi connectivity index (χ1n) is 6.68. The average Bonchev–Trinajstić information content (AvgIpc) is 2.98. The highest BCUT2D eigenvalue weighted by molar-refractivity contribution is 7.10. The molecule has 1 aromatic carbocycles. The van der Waals surface area contributed by atoms with Gasteiger partial charge in [0.25, 0.3) is 0 Å². The van der Waals surface area contributed by atoms with Crippen LogP contribution in [0.25, 0.3) is 0 Å². The Kier molecular flexibility index (Phi) is 5.00. The fourth-order valence-electron chi connectivity index (χ4n) is 2.18. The lowest BCUT2D eigenvalue weighted by Gasteiger charge is -2.22. The average molecular weight is 275 g/mol. The lowest BCUT2D eigenvalue weighted by molar-refractivity contribution is 0.414. The smallest absolute Gasteiger partial charge is 0.118 e. The monoisotopic (exact) mass is 275 g/mol. The van der Waals surface area contributed by atoms with Gasteiger partial charge < -0.3 is 10.1 Å². The Morgan fingerprint density at radius 3 is 2.47 bits per heavy atom. The number of benzene rings is 1. The van der Waals surface area contributed by atoms with Gasteiger partial charge in [-0.15, -0.1) is 11.3 Å². The molecular weight excluding hydrogens is 254 g/mol. The first-order valence-corrected chi connectivity index (χ1v) is 7.56. The van der Waals surface area contributed by atoms with E-state index in [0.29, 0.717) is 12.1 Å². The number of methoxy groups -OCH3 is 1. The lowest BCUT2D eigenvalue weighted by atomic mass is 10.1. The van der Waals surface area contributed by atoms with Crippen molar-refractivity contribution >= 4 is 11.3 Å². The summed E-state index contributed by atoms with van der Waals surface area (Å²) in [4.78, 5) is 1.41. The zero-order chi connectivity index (χ0) is 13.7. The molecule has 0 amide bonds. The quantitative estimate of drug-likeness (QED) is 0.834. The van der Waals surface area contributed by atoms with E-state index >= 15 is 0 Å². The highest BCUT2D eigenvalue weighted by Gasteiger charge is 2.14. The Morgan fingerprint density at radius 1 is 1.21 bits per heavy atom.